The molecular weight excluding hydrogens is 232 g/mol. The van der Waals surface area contributed by atoms with E-state index in [4.69, 9.17) is 5.73 Å². The van der Waals surface area contributed by atoms with E-state index in [2.05, 4.69) is 20.6 Å². The molecule has 7 nitrogen and oxygen atoms in total. The zero-order valence-electron chi connectivity index (χ0n) is 9.97. The Morgan fingerprint density at radius 1 is 1.33 bits per heavy atom. The van der Waals surface area contributed by atoms with Gasteiger partial charge in [0.15, 0.2) is 5.65 Å². The highest BCUT2D eigenvalue weighted by Crippen LogP contribution is 2.20. The maximum Gasteiger partial charge on any atom is 0.364 e. The van der Waals surface area contributed by atoms with E-state index in [0.717, 1.165) is 25.7 Å². The molecular formula is C11H16N6O. The number of nitrogens with zero attached hydrogens (tertiary/aromatic N) is 3. The molecule has 0 aliphatic heterocycles. The Morgan fingerprint density at radius 2 is 2.11 bits per heavy atom. The van der Waals surface area contributed by atoms with E-state index in [0.29, 0.717) is 23.5 Å². The number of aromatic amines is 1. The van der Waals surface area contributed by atoms with Gasteiger partial charge in [-0.25, -0.2) is 9.89 Å². The van der Waals surface area contributed by atoms with Crippen molar-refractivity contribution in [1.29, 1.82) is 0 Å². The summed E-state index contributed by atoms with van der Waals surface area (Å²) in [5.41, 5.74) is 6.07. The van der Waals surface area contributed by atoms with E-state index in [1.54, 1.807) is 6.07 Å². The van der Waals surface area contributed by atoms with E-state index in [-0.39, 0.29) is 5.69 Å². The summed E-state index contributed by atoms with van der Waals surface area (Å²) in [7, 11) is 0. The summed E-state index contributed by atoms with van der Waals surface area (Å²) < 4.78 is 1.26. The number of H-pyrrole nitrogens is 1. The molecule has 0 spiro atoms. The van der Waals surface area contributed by atoms with Gasteiger partial charge in [0.1, 0.15) is 5.82 Å². The van der Waals surface area contributed by atoms with Crippen molar-refractivity contribution in [1.82, 2.24) is 19.8 Å². The molecule has 2 aromatic rings. The minimum atomic E-state index is -0.320. The smallest absolute Gasteiger partial charge is 0.364 e. The second kappa shape index (κ2) is 4.41. The number of aromatic nitrogens is 4. The molecule has 0 amide bonds. The molecule has 18 heavy (non-hydrogen) atoms. The molecule has 0 aromatic carbocycles. The largest absolute Gasteiger partial charge is 0.366 e. The van der Waals surface area contributed by atoms with Crippen LogP contribution in [0.15, 0.2) is 16.9 Å². The lowest BCUT2D eigenvalue weighted by Gasteiger charge is -2.27. The first kappa shape index (κ1) is 11.2. The summed E-state index contributed by atoms with van der Waals surface area (Å²) in [5, 5.41) is 13.8. The predicted molar refractivity (Wildman–Crippen MR) is 67.5 cm³/mol. The average molecular weight is 248 g/mol. The van der Waals surface area contributed by atoms with Gasteiger partial charge in [0.25, 0.3) is 0 Å². The van der Waals surface area contributed by atoms with Crippen molar-refractivity contribution in [2.75, 3.05) is 5.32 Å². The normalized spacial score (nSPS) is 24.3. The summed E-state index contributed by atoms with van der Waals surface area (Å²) in [6.45, 7) is 0. The number of hydrogen-bond donors (Lipinski definition) is 3. The molecule has 0 atom stereocenters. The molecule has 96 valence electrons. The molecule has 7 heteroatoms. The van der Waals surface area contributed by atoms with Gasteiger partial charge >= 0.3 is 5.69 Å². The SMILES string of the molecule is NC1CCC(Nc2ccc3n[nH]c(=O)n3n2)CC1. The second-order valence-electron chi connectivity index (χ2n) is 4.77. The highest BCUT2D eigenvalue weighted by Gasteiger charge is 2.18. The molecule has 4 N–H and O–H groups in total. The van der Waals surface area contributed by atoms with Crippen LogP contribution in [0.3, 0.4) is 0 Å². The second-order valence-corrected chi connectivity index (χ2v) is 4.77. The molecule has 1 saturated carbocycles. The van der Waals surface area contributed by atoms with Crippen molar-refractivity contribution in [3.8, 4) is 0 Å². The number of hydrogen-bond acceptors (Lipinski definition) is 5. The monoisotopic (exact) mass is 248 g/mol. The predicted octanol–water partition coefficient (Wildman–Crippen LogP) is 0.0994. The van der Waals surface area contributed by atoms with Crippen LogP contribution < -0.4 is 16.7 Å². The Bertz CT molecular complexity index is 595. The fourth-order valence-corrected chi connectivity index (χ4v) is 2.35. The van der Waals surface area contributed by atoms with Crippen LogP contribution in [0.5, 0.6) is 0 Å². The van der Waals surface area contributed by atoms with Crippen molar-refractivity contribution in [3.05, 3.63) is 22.6 Å². The molecule has 1 aliphatic rings. The van der Waals surface area contributed by atoms with Crippen molar-refractivity contribution >= 4 is 11.5 Å². The van der Waals surface area contributed by atoms with Crippen molar-refractivity contribution in [2.24, 2.45) is 5.73 Å². The maximum absolute atomic E-state index is 11.4. The molecule has 2 heterocycles. The minimum Gasteiger partial charge on any atom is -0.366 e. The van der Waals surface area contributed by atoms with Gasteiger partial charge in [0.05, 0.1) is 0 Å². The zero-order chi connectivity index (χ0) is 12.5. The van der Waals surface area contributed by atoms with Gasteiger partial charge in [-0.05, 0) is 37.8 Å². The summed E-state index contributed by atoms with van der Waals surface area (Å²) in [4.78, 5) is 11.4. The van der Waals surface area contributed by atoms with Gasteiger partial charge in [-0.15, -0.1) is 5.10 Å². The molecule has 2 aromatic heterocycles. The summed E-state index contributed by atoms with van der Waals surface area (Å²) in [6, 6.07) is 4.32. The first-order chi connectivity index (χ1) is 8.72. The Labute approximate surface area is 103 Å². The van der Waals surface area contributed by atoms with E-state index in [1.165, 1.54) is 4.52 Å². The van der Waals surface area contributed by atoms with Crippen LogP contribution in [0.4, 0.5) is 5.82 Å². The zero-order valence-corrected chi connectivity index (χ0v) is 9.97. The molecule has 1 aliphatic carbocycles. The van der Waals surface area contributed by atoms with Crippen LogP contribution in [0.25, 0.3) is 5.65 Å². The van der Waals surface area contributed by atoms with Crippen LogP contribution in [-0.2, 0) is 0 Å². The van der Waals surface area contributed by atoms with E-state index in [1.807, 2.05) is 6.07 Å². The molecule has 1 fully saturated rings. The highest BCUT2D eigenvalue weighted by atomic mass is 16.2. The van der Waals surface area contributed by atoms with Crippen molar-refractivity contribution in [2.45, 2.75) is 37.8 Å². The molecule has 0 unspecified atom stereocenters. The van der Waals surface area contributed by atoms with Gasteiger partial charge < -0.3 is 11.1 Å². The summed E-state index contributed by atoms with van der Waals surface area (Å²) in [5.74, 6) is 0.700. The first-order valence-corrected chi connectivity index (χ1v) is 6.19. The molecule has 3 rings (SSSR count). The lowest BCUT2D eigenvalue weighted by molar-refractivity contribution is 0.410. The summed E-state index contributed by atoms with van der Waals surface area (Å²) >= 11 is 0. The topological polar surface area (TPSA) is 101 Å². The summed E-state index contributed by atoms with van der Waals surface area (Å²) in [6.07, 6.45) is 4.15. The number of nitrogens with one attached hydrogen (secondary N) is 2. The average Bonchev–Trinajstić information content (AvgIpc) is 2.74. The Hall–Kier alpha value is -1.89. The lowest BCUT2D eigenvalue weighted by atomic mass is 9.92. The standard InChI is InChI=1S/C11H16N6O/c12-7-1-3-8(4-2-7)13-9-5-6-10-14-15-11(18)17(10)16-9/h5-8H,1-4,12H2,(H,13,16)(H,15,18). The van der Waals surface area contributed by atoms with Crippen LogP contribution in [0.1, 0.15) is 25.7 Å². The van der Waals surface area contributed by atoms with Crippen LogP contribution in [0.2, 0.25) is 0 Å². The fraction of sp³-hybridized carbons (Fsp3) is 0.545. The number of fused-ring (bicyclic) bond motifs is 1. The Balaban J connectivity index is 1.78. The van der Waals surface area contributed by atoms with Crippen molar-refractivity contribution < 1.29 is 0 Å². The molecule has 0 bridgehead atoms. The Kier molecular flexibility index (Phi) is 2.75. The molecule has 0 radical (unpaired) electrons. The number of rotatable bonds is 2. The van der Waals surface area contributed by atoms with E-state index >= 15 is 0 Å². The number of nitrogens with two attached hydrogens (primary N) is 1. The van der Waals surface area contributed by atoms with Gasteiger partial charge in [-0.2, -0.15) is 9.61 Å². The third-order valence-corrected chi connectivity index (χ3v) is 3.40. The maximum atomic E-state index is 11.4. The van der Waals surface area contributed by atoms with Crippen LogP contribution in [-0.4, -0.2) is 31.9 Å². The van der Waals surface area contributed by atoms with Gasteiger partial charge in [-0.3, -0.25) is 0 Å². The third-order valence-electron chi connectivity index (χ3n) is 3.40. The van der Waals surface area contributed by atoms with E-state index < -0.39 is 0 Å². The quantitative estimate of drug-likeness (QED) is 0.699. The molecule has 0 saturated heterocycles. The van der Waals surface area contributed by atoms with E-state index in [9.17, 15) is 4.79 Å². The van der Waals surface area contributed by atoms with Gasteiger partial charge in [-0.1, -0.05) is 0 Å². The fourth-order valence-electron chi connectivity index (χ4n) is 2.35. The van der Waals surface area contributed by atoms with Gasteiger partial charge in [0.2, 0.25) is 0 Å². The number of anilines is 1. The van der Waals surface area contributed by atoms with Gasteiger partial charge in [0, 0.05) is 12.1 Å². The third kappa shape index (κ3) is 2.08. The minimum absolute atomic E-state index is 0.320. The first-order valence-electron chi connectivity index (χ1n) is 6.19. The van der Waals surface area contributed by atoms with Crippen molar-refractivity contribution in [3.63, 3.8) is 0 Å². The highest BCUT2D eigenvalue weighted by molar-refractivity contribution is 5.43. The lowest BCUT2D eigenvalue weighted by Crippen LogP contribution is -2.33. The van der Waals surface area contributed by atoms with Crippen LogP contribution >= 0.6 is 0 Å². The van der Waals surface area contributed by atoms with Crippen LogP contribution in [0, 0.1) is 0 Å². The Morgan fingerprint density at radius 3 is 2.89 bits per heavy atom.